The van der Waals surface area contributed by atoms with Crippen LogP contribution < -0.4 is 5.32 Å². The fourth-order valence-electron chi connectivity index (χ4n) is 3.18. The van der Waals surface area contributed by atoms with Crippen molar-refractivity contribution in [2.75, 3.05) is 19.8 Å². The molecule has 0 spiro atoms. The molecular formula is C19H31NO. The molecule has 1 fully saturated rings. The topological polar surface area (TPSA) is 21.3 Å². The summed E-state index contributed by atoms with van der Waals surface area (Å²) < 4.78 is 5.53. The molecule has 1 unspecified atom stereocenters. The summed E-state index contributed by atoms with van der Waals surface area (Å²) in [6, 6.07) is 9.83. The number of unbranched alkanes of at least 4 members (excludes halogenated alkanes) is 1. The zero-order valence-electron chi connectivity index (χ0n) is 13.7. The Bertz CT molecular complexity index is 381. The Labute approximate surface area is 130 Å². The zero-order valence-corrected chi connectivity index (χ0v) is 13.7. The first-order chi connectivity index (χ1) is 10.3. The van der Waals surface area contributed by atoms with Gasteiger partial charge in [-0.1, -0.05) is 44.5 Å². The fourth-order valence-corrected chi connectivity index (χ4v) is 3.18. The van der Waals surface area contributed by atoms with Crippen LogP contribution in [0.5, 0.6) is 0 Å². The van der Waals surface area contributed by atoms with Gasteiger partial charge in [0, 0.05) is 19.3 Å². The second-order valence-corrected chi connectivity index (χ2v) is 6.23. The summed E-state index contributed by atoms with van der Waals surface area (Å²) in [5.74, 6) is 0.715. The van der Waals surface area contributed by atoms with Gasteiger partial charge in [0.1, 0.15) is 0 Å². The molecule has 1 atom stereocenters. The van der Waals surface area contributed by atoms with Crippen LogP contribution in [0.4, 0.5) is 0 Å². The van der Waals surface area contributed by atoms with E-state index in [1.54, 1.807) is 0 Å². The van der Waals surface area contributed by atoms with Crippen LogP contribution in [0.3, 0.4) is 0 Å². The molecule has 1 aliphatic heterocycles. The SMILES string of the molecule is CCCCc1ccc(C(NCCC)C2CCOCC2)cc1. The lowest BCUT2D eigenvalue weighted by atomic mass is 9.86. The van der Waals surface area contributed by atoms with Gasteiger partial charge in [0.25, 0.3) is 0 Å². The van der Waals surface area contributed by atoms with Gasteiger partial charge in [-0.3, -0.25) is 0 Å². The summed E-state index contributed by atoms with van der Waals surface area (Å²) in [4.78, 5) is 0. The standard InChI is InChI=1S/C19H31NO/c1-3-5-6-16-7-9-17(10-8-16)19(20-13-4-2)18-11-14-21-15-12-18/h7-10,18-20H,3-6,11-15H2,1-2H3. The molecule has 2 heteroatoms. The van der Waals surface area contributed by atoms with Crippen molar-refractivity contribution in [2.45, 2.75) is 58.4 Å². The van der Waals surface area contributed by atoms with Gasteiger partial charge in [-0.2, -0.15) is 0 Å². The minimum atomic E-state index is 0.495. The third-order valence-corrected chi connectivity index (χ3v) is 4.51. The van der Waals surface area contributed by atoms with Crippen molar-refractivity contribution >= 4 is 0 Å². The Morgan fingerprint density at radius 2 is 1.81 bits per heavy atom. The Kier molecular flexibility index (Phi) is 7.25. The molecule has 2 rings (SSSR count). The van der Waals surface area contributed by atoms with Crippen LogP contribution in [-0.2, 0) is 11.2 Å². The number of hydrogen-bond acceptors (Lipinski definition) is 2. The summed E-state index contributed by atoms with van der Waals surface area (Å²) >= 11 is 0. The van der Waals surface area contributed by atoms with E-state index in [1.807, 2.05) is 0 Å². The summed E-state index contributed by atoms with van der Waals surface area (Å²) in [7, 11) is 0. The van der Waals surface area contributed by atoms with Gasteiger partial charge >= 0.3 is 0 Å². The number of nitrogens with one attached hydrogen (secondary N) is 1. The molecule has 0 saturated carbocycles. The van der Waals surface area contributed by atoms with Crippen molar-refractivity contribution in [2.24, 2.45) is 5.92 Å². The average molecular weight is 289 g/mol. The highest BCUT2D eigenvalue weighted by molar-refractivity contribution is 5.26. The number of hydrogen-bond donors (Lipinski definition) is 1. The third-order valence-electron chi connectivity index (χ3n) is 4.51. The van der Waals surface area contributed by atoms with E-state index < -0.39 is 0 Å². The van der Waals surface area contributed by atoms with Crippen LogP contribution in [0.25, 0.3) is 0 Å². The van der Waals surface area contributed by atoms with E-state index in [4.69, 9.17) is 4.74 Å². The van der Waals surface area contributed by atoms with E-state index in [9.17, 15) is 0 Å². The number of ether oxygens (including phenoxy) is 1. The van der Waals surface area contributed by atoms with E-state index in [2.05, 4.69) is 43.4 Å². The maximum atomic E-state index is 5.53. The van der Waals surface area contributed by atoms with E-state index in [1.165, 1.54) is 49.7 Å². The molecule has 0 aromatic heterocycles. The third kappa shape index (κ3) is 5.12. The smallest absolute Gasteiger partial charge is 0.0469 e. The molecule has 1 N–H and O–H groups in total. The molecule has 1 aromatic carbocycles. The molecular weight excluding hydrogens is 258 g/mol. The van der Waals surface area contributed by atoms with E-state index >= 15 is 0 Å². The fraction of sp³-hybridized carbons (Fsp3) is 0.684. The van der Waals surface area contributed by atoms with E-state index in [0.717, 1.165) is 19.8 Å². The summed E-state index contributed by atoms with van der Waals surface area (Å²) in [6.07, 6.45) is 7.31. The maximum Gasteiger partial charge on any atom is 0.0469 e. The highest BCUT2D eigenvalue weighted by Crippen LogP contribution is 2.30. The first-order valence-corrected chi connectivity index (χ1v) is 8.75. The monoisotopic (exact) mass is 289 g/mol. The van der Waals surface area contributed by atoms with Gasteiger partial charge in [-0.25, -0.2) is 0 Å². The summed E-state index contributed by atoms with van der Waals surface area (Å²) in [6.45, 7) is 7.43. The molecule has 21 heavy (non-hydrogen) atoms. The Hall–Kier alpha value is -0.860. The first kappa shape index (κ1) is 16.5. The number of benzene rings is 1. The summed E-state index contributed by atoms with van der Waals surface area (Å²) in [5, 5.41) is 3.76. The highest BCUT2D eigenvalue weighted by atomic mass is 16.5. The molecule has 118 valence electrons. The predicted molar refractivity (Wildman–Crippen MR) is 89.6 cm³/mol. The minimum absolute atomic E-state index is 0.495. The van der Waals surface area contributed by atoms with Gasteiger partial charge in [0.15, 0.2) is 0 Å². The predicted octanol–water partition coefficient (Wildman–Crippen LogP) is 4.50. The lowest BCUT2D eigenvalue weighted by Crippen LogP contribution is -2.32. The Morgan fingerprint density at radius 1 is 1.10 bits per heavy atom. The lowest BCUT2D eigenvalue weighted by molar-refractivity contribution is 0.0536. The normalized spacial score (nSPS) is 17.8. The van der Waals surface area contributed by atoms with Crippen molar-refractivity contribution in [3.05, 3.63) is 35.4 Å². The second-order valence-electron chi connectivity index (χ2n) is 6.23. The largest absolute Gasteiger partial charge is 0.381 e. The quantitative estimate of drug-likeness (QED) is 0.761. The van der Waals surface area contributed by atoms with Crippen molar-refractivity contribution in [1.82, 2.24) is 5.32 Å². The molecule has 2 nitrogen and oxygen atoms in total. The van der Waals surface area contributed by atoms with Crippen LogP contribution in [0.2, 0.25) is 0 Å². The molecule has 1 saturated heterocycles. The second kappa shape index (κ2) is 9.22. The molecule has 0 aliphatic carbocycles. The molecule has 0 amide bonds. The van der Waals surface area contributed by atoms with Gasteiger partial charge in [0.2, 0.25) is 0 Å². The van der Waals surface area contributed by atoms with Crippen LogP contribution in [0.15, 0.2) is 24.3 Å². The van der Waals surface area contributed by atoms with Crippen LogP contribution in [0, 0.1) is 5.92 Å². The van der Waals surface area contributed by atoms with Crippen LogP contribution in [-0.4, -0.2) is 19.8 Å². The summed E-state index contributed by atoms with van der Waals surface area (Å²) in [5.41, 5.74) is 2.93. The molecule has 1 heterocycles. The van der Waals surface area contributed by atoms with Crippen LogP contribution >= 0.6 is 0 Å². The maximum absolute atomic E-state index is 5.53. The first-order valence-electron chi connectivity index (χ1n) is 8.75. The van der Waals surface area contributed by atoms with Gasteiger partial charge < -0.3 is 10.1 Å². The molecule has 1 aliphatic rings. The molecule has 0 bridgehead atoms. The average Bonchev–Trinajstić information content (AvgIpc) is 2.55. The number of aryl methyl sites for hydroxylation is 1. The Morgan fingerprint density at radius 3 is 2.43 bits per heavy atom. The van der Waals surface area contributed by atoms with Crippen molar-refractivity contribution in [3.8, 4) is 0 Å². The molecule has 0 radical (unpaired) electrons. The van der Waals surface area contributed by atoms with E-state index in [0.29, 0.717) is 12.0 Å². The van der Waals surface area contributed by atoms with Crippen molar-refractivity contribution in [1.29, 1.82) is 0 Å². The zero-order chi connectivity index (χ0) is 14.9. The lowest BCUT2D eigenvalue weighted by Gasteiger charge is -2.31. The van der Waals surface area contributed by atoms with Crippen molar-refractivity contribution < 1.29 is 4.74 Å². The highest BCUT2D eigenvalue weighted by Gasteiger charge is 2.24. The van der Waals surface area contributed by atoms with E-state index in [-0.39, 0.29) is 0 Å². The number of rotatable bonds is 8. The van der Waals surface area contributed by atoms with Gasteiger partial charge in [-0.15, -0.1) is 0 Å². The van der Waals surface area contributed by atoms with Crippen molar-refractivity contribution in [3.63, 3.8) is 0 Å². The Balaban J connectivity index is 2.04. The van der Waals surface area contributed by atoms with Gasteiger partial charge in [0.05, 0.1) is 0 Å². The van der Waals surface area contributed by atoms with Gasteiger partial charge in [-0.05, 0) is 55.7 Å². The molecule has 1 aromatic rings. The minimum Gasteiger partial charge on any atom is -0.381 e. The van der Waals surface area contributed by atoms with Crippen LogP contribution in [0.1, 0.15) is 63.1 Å².